The average molecular weight is 247 g/mol. The highest BCUT2D eigenvalue weighted by Gasteiger charge is 2.04. The summed E-state index contributed by atoms with van der Waals surface area (Å²) in [6, 6.07) is 7.55. The molecule has 0 saturated heterocycles. The van der Waals surface area contributed by atoms with Crippen LogP contribution >= 0.6 is 0 Å². The molecule has 1 aromatic carbocycles. The lowest BCUT2D eigenvalue weighted by atomic mass is 10.2. The summed E-state index contributed by atoms with van der Waals surface area (Å²) in [4.78, 5) is 7.77. The Labute approximate surface area is 105 Å². The molecule has 1 heterocycles. The van der Waals surface area contributed by atoms with E-state index in [1.54, 1.807) is 14.0 Å². The number of anilines is 1. The Morgan fingerprint density at radius 2 is 2.00 bits per heavy atom. The fraction of sp³-hybridized carbons (Fsp3) is 0.231. The summed E-state index contributed by atoms with van der Waals surface area (Å²) in [6.07, 6.45) is 1.17. The van der Waals surface area contributed by atoms with Gasteiger partial charge >= 0.3 is 0 Å². The molecule has 18 heavy (non-hydrogen) atoms. The van der Waals surface area contributed by atoms with Gasteiger partial charge in [0.25, 0.3) is 0 Å². The Hall–Kier alpha value is -2.17. The molecule has 0 saturated carbocycles. The number of aryl methyl sites for hydroxylation is 1. The van der Waals surface area contributed by atoms with Crippen molar-refractivity contribution in [1.82, 2.24) is 9.97 Å². The van der Waals surface area contributed by atoms with Gasteiger partial charge in [0.1, 0.15) is 11.6 Å². The molecular weight excluding hydrogens is 233 g/mol. The summed E-state index contributed by atoms with van der Waals surface area (Å²) in [7, 11) is 1.62. The van der Waals surface area contributed by atoms with E-state index in [4.69, 9.17) is 4.74 Å². The molecule has 0 aliphatic heterocycles. The largest absolute Gasteiger partial charge is 0.497 e. The summed E-state index contributed by atoms with van der Waals surface area (Å²) in [5.74, 6) is 1.10. The molecule has 2 rings (SSSR count). The van der Waals surface area contributed by atoms with E-state index in [1.165, 1.54) is 6.20 Å². The third-order valence-corrected chi connectivity index (χ3v) is 2.48. The zero-order valence-electron chi connectivity index (χ0n) is 10.3. The van der Waals surface area contributed by atoms with Crippen LogP contribution in [0.25, 0.3) is 0 Å². The van der Waals surface area contributed by atoms with Crippen LogP contribution in [0, 0.1) is 12.7 Å². The molecule has 1 N–H and O–H groups in total. The second-order valence-electron chi connectivity index (χ2n) is 3.82. The van der Waals surface area contributed by atoms with Crippen LogP contribution in [-0.4, -0.2) is 17.1 Å². The lowest BCUT2D eigenvalue weighted by Crippen LogP contribution is -2.05. The van der Waals surface area contributed by atoms with E-state index in [0.717, 1.165) is 11.3 Å². The number of aromatic nitrogens is 2. The highest BCUT2D eigenvalue weighted by molar-refractivity contribution is 5.37. The van der Waals surface area contributed by atoms with Crippen LogP contribution in [0.4, 0.5) is 10.2 Å². The molecule has 4 nitrogen and oxygen atoms in total. The average Bonchev–Trinajstić information content (AvgIpc) is 2.40. The Bertz CT molecular complexity index is 528. The molecule has 0 atom stereocenters. The quantitative estimate of drug-likeness (QED) is 0.902. The number of hydrogen-bond acceptors (Lipinski definition) is 4. The fourth-order valence-electron chi connectivity index (χ4n) is 1.51. The smallest absolute Gasteiger partial charge is 0.183 e. The van der Waals surface area contributed by atoms with E-state index in [2.05, 4.69) is 15.3 Å². The number of nitrogens with one attached hydrogen (secondary N) is 1. The number of hydrogen-bond donors (Lipinski definition) is 1. The van der Waals surface area contributed by atoms with Crippen molar-refractivity contribution in [3.05, 3.63) is 47.7 Å². The van der Waals surface area contributed by atoms with Gasteiger partial charge in [0, 0.05) is 6.54 Å². The van der Waals surface area contributed by atoms with Gasteiger partial charge in [0.05, 0.1) is 13.3 Å². The monoisotopic (exact) mass is 247 g/mol. The summed E-state index contributed by atoms with van der Waals surface area (Å²) >= 11 is 0. The molecule has 0 aliphatic carbocycles. The first-order chi connectivity index (χ1) is 8.69. The van der Waals surface area contributed by atoms with Crippen LogP contribution in [0.3, 0.4) is 0 Å². The number of nitrogens with zero attached hydrogens (tertiary/aromatic N) is 2. The van der Waals surface area contributed by atoms with Gasteiger partial charge in [0.2, 0.25) is 0 Å². The van der Waals surface area contributed by atoms with Crippen LogP contribution in [-0.2, 0) is 6.54 Å². The van der Waals surface area contributed by atoms with E-state index in [9.17, 15) is 4.39 Å². The first-order valence-electron chi connectivity index (χ1n) is 5.55. The predicted octanol–water partition coefficient (Wildman–Crippen LogP) is 2.54. The van der Waals surface area contributed by atoms with Crippen LogP contribution in [0.15, 0.2) is 30.5 Å². The Kier molecular flexibility index (Phi) is 3.72. The summed E-state index contributed by atoms with van der Waals surface area (Å²) in [5, 5.41) is 2.94. The van der Waals surface area contributed by atoms with Crippen molar-refractivity contribution in [2.75, 3.05) is 12.4 Å². The SMILES string of the molecule is COc1ccc(CNc2nc(C)ncc2F)cc1. The third-order valence-electron chi connectivity index (χ3n) is 2.48. The standard InChI is InChI=1S/C13H14FN3O/c1-9-15-8-12(14)13(17-9)16-7-10-3-5-11(18-2)6-4-10/h3-6,8H,7H2,1-2H3,(H,15,16,17). The maximum atomic E-state index is 13.4. The highest BCUT2D eigenvalue weighted by atomic mass is 19.1. The number of halogens is 1. The van der Waals surface area contributed by atoms with E-state index < -0.39 is 5.82 Å². The van der Waals surface area contributed by atoms with Gasteiger partial charge in [0.15, 0.2) is 11.6 Å². The second-order valence-corrected chi connectivity index (χ2v) is 3.82. The number of ether oxygens (including phenoxy) is 1. The molecule has 0 radical (unpaired) electrons. The second kappa shape index (κ2) is 5.44. The Balaban J connectivity index is 2.04. The Morgan fingerprint density at radius 1 is 1.28 bits per heavy atom. The maximum Gasteiger partial charge on any atom is 0.183 e. The minimum atomic E-state index is -0.450. The van der Waals surface area contributed by atoms with Gasteiger partial charge in [-0.25, -0.2) is 14.4 Å². The van der Waals surface area contributed by atoms with Crippen molar-refractivity contribution in [2.45, 2.75) is 13.5 Å². The van der Waals surface area contributed by atoms with Gasteiger partial charge in [-0.3, -0.25) is 0 Å². The van der Waals surface area contributed by atoms with Crippen LogP contribution in [0.2, 0.25) is 0 Å². The van der Waals surface area contributed by atoms with E-state index >= 15 is 0 Å². The zero-order chi connectivity index (χ0) is 13.0. The highest BCUT2D eigenvalue weighted by Crippen LogP contribution is 2.14. The van der Waals surface area contributed by atoms with Crippen molar-refractivity contribution in [2.24, 2.45) is 0 Å². The van der Waals surface area contributed by atoms with Crippen LogP contribution in [0.5, 0.6) is 5.75 Å². The third kappa shape index (κ3) is 2.94. The van der Waals surface area contributed by atoms with Crippen molar-refractivity contribution >= 4 is 5.82 Å². The molecule has 94 valence electrons. The molecule has 0 unspecified atom stereocenters. The topological polar surface area (TPSA) is 47.0 Å². The molecule has 0 aliphatic rings. The van der Waals surface area contributed by atoms with Crippen molar-refractivity contribution in [3.63, 3.8) is 0 Å². The van der Waals surface area contributed by atoms with E-state index in [1.807, 2.05) is 24.3 Å². The number of rotatable bonds is 4. The van der Waals surface area contributed by atoms with Crippen molar-refractivity contribution in [1.29, 1.82) is 0 Å². The normalized spacial score (nSPS) is 10.2. The predicted molar refractivity (Wildman–Crippen MR) is 67.0 cm³/mol. The van der Waals surface area contributed by atoms with Gasteiger partial charge in [-0.05, 0) is 24.6 Å². The summed E-state index contributed by atoms with van der Waals surface area (Å²) in [5.41, 5.74) is 1.02. The van der Waals surface area contributed by atoms with Crippen molar-refractivity contribution in [3.8, 4) is 5.75 Å². The molecular formula is C13H14FN3O. The van der Waals surface area contributed by atoms with Gasteiger partial charge in [-0.1, -0.05) is 12.1 Å². The lowest BCUT2D eigenvalue weighted by molar-refractivity contribution is 0.414. The lowest BCUT2D eigenvalue weighted by Gasteiger charge is -2.07. The summed E-state index contributed by atoms with van der Waals surface area (Å²) < 4.78 is 18.4. The van der Waals surface area contributed by atoms with E-state index in [0.29, 0.717) is 12.4 Å². The number of methoxy groups -OCH3 is 1. The van der Waals surface area contributed by atoms with Gasteiger partial charge in [-0.2, -0.15) is 0 Å². The van der Waals surface area contributed by atoms with E-state index in [-0.39, 0.29) is 5.82 Å². The first-order valence-corrected chi connectivity index (χ1v) is 5.55. The molecule has 2 aromatic rings. The maximum absolute atomic E-state index is 13.4. The summed E-state index contributed by atoms with van der Waals surface area (Å²) in [6.45, 7) is 2.22. The number of benzene rings is 1. The molecule has 1 aromatic heterocycles. The van der Waals surface area contributed by atoms with Gasteiger partial charge < -0.3 is 10.1 Å². The first kappa shape index (κ1) is 12.3. The zero-order valence-corrected chi connectivity index (χ0v) is 10.3. The minimum absolute atomic E-state index is 0.221. The van der Waals surface area contributed by atoms with Crippen LogP contribution < -0.4 is 10.1 Å². The molecule has 0 spiro atoms. The Morgan fingerprint density at radius 3 is 2.67 bits per heavy atom. The fourth-order valence-corrected chi connectivity index (χ4v) is 1.51. The minimum Gasteiger partial charge on any atom is -0.497 e. The molecule has 0 amide bonds. The van der Waals surface area contributed by atoms with Crippen LogP contribution in [0.1, 0.15) is 11.4 Å². The molecule has 0 fully saturated rings. The molecule has 5 heteroatoms. The van der Waals surface area contributed by atoms with Gasteiger partial charge in [-0.15, -0.1) is 0 Å². The molecule has 0 bridgehead atoms. The van der Waals surface area contributed by atoms with Crippen molar-refractivity contribution < 1.29 is 9.13 Å².